The molecular formula is C19H24N2O4S. The van der Waals surface area contributed by atoms with Gasteiger partial charge in [-0.25, -0.2) is 13.1 Å². The molecule has 2 aromatic carbocycles. The van der Waals surface area contributed by atoms with Crippen LogP contribution in [0.25, 0.3) is 10.8 Å². The molecule has 0 aliphatic carbocycles. The van der Waals surface area contributed by atoms with Crippen LogP contribution in [0.15, 0.2) is 47.4 Å². The van der Waals surface area contributed by atoms with Crippen LogP contribution in [-0.4, -0.2) is 26.8 Å². The summed E-state index contributed by atoms with van der Waals surface area (Å²) in [5.74, 6) is -0.480. The van der Waals surface area contributed by atoms with E-state index in [2.05, 4.69) is 19.2 Å². The molecule has 7 heteroatoms. The Kier molecular flexibility index (Phi) is 6.74. The fourth-order valence-electron chi connectivity index (χ4n) is 2.41. The van der Waals surface area contributed by atoms with E-state index in [-0.39, 0.29) is 23.6 Å². The smallest absolute Gasteiger partial charge is 0.264 e. The SMILES string of the molecule is CC(C)CCNC(=O)CCC(=O)NS(=O)(=O)c1ccc2ccccc2c1. The Labute approximate surface area is 154 Å². The summed E-state index contributed by atoms with van der Waals surface area (Å²) >= 11 is 0. The van der Waals surface area contributed by atoms with Gasteiger partial charge in [-0.05, 0) is 35.2 Å². The van der Waals surface area contributed by atoms with Crippen molar-refractivity contribution in [3.05, 3.63) is 42.5 Å². The molecule has 0 aliphatic heterocycles. The van der Waals surface area contributed by atoms with Crippen molar-refractivity contribution in [2.45, 2.75) is 38.0 Å². The lowest BCUT2D eigenvalue weighted by Crippen LogP contribution is -2.32. The van der Waals surface area contributed by atoms with Crippen LogP contribution in [0, 0.1) is 5.92 Å². The van der Waals surface area contributed by atoms with Gasteiger partial charge in [-0.1, -0.05) is 44.2 Å². The van der Waals surface area contributed by atoms with Crippen molar-refractivity contribution in [1.82, 2.24) is 10.0 Å². The highest BCUT2D eigenvalue weighted by Gasteiger charge is 2.18. The van der Waals surface area contributed by atoms with Gasteiger partial charge in [-0.15, -0.1) is 0 Å². The number of hydrogen-bond donors (Lipinski definition) is 2. The first-order chi connectivity index (χ1) is 12.3. The van der Waals surface area contributed by atoms with Gasteiger partial charge in [-0.2, -0.15) is 0 Å². The van der Waals surface area contributed by atoms with Crippen LogP contribution in [0.2, 0.25) is 0 Å². The molecule has 0 atom stereocenters. The molecule has 6 nitrogen and oxygen atoms in total. The molecule has 2 N–H and O–H groups in total. The summed E-state index contributed by atoms with van der Waals surface area (Å²) in [4.78, 5) is 23.6. The van der Waals surface area contributed by atoms with Gasteiger partial charge in [0.2, 0.25) is 11.8 Å². The highest BCUT2D eigenvalue weighted by molar-refractivity contribution is 7.90. The van der Waals surface area contributed by atoms with Gasteiger partial charge in [0.15, 0.2) is 0 Å². The summed E-state index contributed by atoms with van der Waals surface area (Å²) in [6, 6.07) is 12.0. The van der Waals surface area contributed by atoms with E-state index in [1.807, 2.05) is 22.9 Å². The normalized spacial score (nSPS) is 11.5. The number of benzene rings is 2. The van der Waals surface area contributed by atoms with Crippen LogP contribution in [0.3, 0.4) is 0 Å². The summed E-state index contributed by atoms with van der Waals surface area (Å²) in [5.41, 5.74) is 0. The number of nitrogens with one attached hydrogen (secondary N) is 2. The number of rotatable bonds is 8. The Morgan fingerprint density at radius 3 is 2.31 bits per heavy atom. The zero-order valence-corrected chi connectivity index (χ0v) is 15.8. The van der Waals surface area contributed by atoms with Gasteiger partial charge in [0.05, 0.1) is 4.90 Å². The van der Waals surface area contributed by atoms with E-state index in [1.165, 1.54) is 12.1 Å². The number of fused-ring (bicyclic) bond motifs is 1. The van der Waals surface area contributed by atoms with E-state index < -0.39 is 15.9 Å². The summed E-state index contributed by atoms with van der Waals surface area (Å²) in [5, 5.41) is 4.40. The van der Waals surface area contributed by atoms with Crippen LogP contribution in [-0.2, 0) is 19.6 Å². The van der Waals surface area contributed by atoms with E-state index in [0.29, 0.717) is 12.5 Å². The Morgan fingerprint density at radius 2 is 1.62 bits per heavy atom. The summed E-state index contributed by atoms with van der Waals surface area (Å²) in [6.45, 7) is 4.65. The molecule has 0 saturated carbocycles. The van der Waals surface area contributed by atoms with Crippen molar-refractivity contribution >= 4 is 32.6 Å². The first kappa shape index (κ1) is 19.9. The van der Waals surface area contributed by atoms with Crippen molar-refractivity contribution in [2.75, 3.05) is 6.54 Å². The fraction of sp³-hybridized carbons (Fsp3) is 0.368. The third-order valence-corrected chi connectivity index (χ3v) is 5.27. The quantitative estimate of drug-likeness (QED) is 0.741. The van der Waals surface area contributed by atoms with Gasteiger partial charge in [0, 0.05) is 19.4 Å². The first-order valence-electron chi connectivity index (χ1n) is 8.59. The average molecular weight is 376 g/mol. The Bertz CT molecular complexity index is 891. The summed E-state index contributed by atoms with van der Waals surface area (Å²) in [6.07, 6.45) is 0.631. The zero-order valence-electron chi connectivity index (χ0n) is 15.0. The van der Waals surface area contributed by atoms with Crippen LogP contribution in [0.1, 0.15) is 33.1 Å². The van der Waals surface area contributed by atoms with Gasteiger partial charge in [-0.3, -0.25) is 9.59 Å². The predicted octanol–water partition coefficient (Wildman–Crippen LogP) is 2.59. The zero-order chi connectivity index (χ0) is 19.2. The third kappa shape index (κ3) is 5.84. The van der Waals surface area contributed by atoms with Crippen molar-refractivity contribution < 1.29 is 18.0 Å². The molecule has 0 heterocycles. The van der Waals surface area contributed by atoms with Crippen molar-refractivity contribution in [3.8, 4) is 0 Å². The number of carbonyl (C=O) groups is 2. The number of carbonyl (C=O) groups excluding carboxylic acids is 2. The molecule has 0 aromatic heterocycles. The molecule has 0 unspecified atom stereocenters. The number of sulfonamides is 1. The molecule has 0 fully saturated rings. The number of hydrogen-bond acceptors (Lipinski definition) is 4. The van der Waals surface area contributed by atoms with Crippen molar-refractivity contribution in [3.63, 3.8) is 0 Å². The highest BCUT2D eigenvalue weighted by Crippen LogP contribution is 2.18. The van der Waals surface area contributed by atoms with Gasteiger partial charge < -0.3 is 5.32 Å². The van der Waals surface area contributed by atoms with Crippen LogP contribution < -0.4 is 10.0 Å². The minimum atomic E-state index is -3.96. The molecule has 0 bridgehead atoms. The molecule has 2 amide bonds. The minimum absolute atomic E-state index is 0.0194. The second-order valence-electron chi connectivity index (χ2n) is 6.57. The molecule has 0 radical (unpaired) electrons. The van der Waals surface area contributed by atoms with E-state index in [9.17, 15) is 18.0 Å². The van der Waals surface area contributed by atoms with E-state index in [1.54, 1.807) is 12.1 Å². The van der Waals surface area contributed by atoms with Crippen LogP contribution in [0.5, 0.6) is 0 Å². The Balaban J connectivity index is 1.91. The monoisotopic (exact) mass is 376 g/mol. The average Bonchev–Trinajstić information content (AvgIpc) is 2.59. The van der Waals surface area contributed by atoms with Gasteiger partial charge >= 0.3 is 0 Å². The fourth-order valence-corrected chi connectivity index (χ4v) is 3.46. The highest BCUT2D eigenvalue weighted by atomic mass is 32.2. The van der Waals surface area contributed by atoms with Gasteiger partial charge in [0.25, 0.3) is 10.0 Å². The minimum Gasteiger partial charge on any atom is -0.356 e. The largest absolute Gasteiger partial charge is 0.356 e. The molecule has 2 rings (SSSR count). The van der Waals surface area contributed by atoms with Crippen LogP contribution in [0.4, 0.5) is 0 Å². The third-order valence-electron chi connectivity index (χ3n) is 3.90. The Hall–Kier alpha value is -2.41. The van der Waals surface area contributed by atoms with E-state index in [0.717, 1.165) is 17.2 Å². The summed E-state index contributed by atoms with van der Waals surface area (Å²) < 4.78 is 26.7. The molecule has 140 valence electrons. The van der Waals surface area contributed by atoms with Crippen LogP contribution >= 0.6 is 0 Å². The molecule has 0 spiro atoms. The first-order valence-corrected chi connectivity index (χ1v) is 10.1. The second-order valence-corrected chi connectivity index (χ2v) is 8.25. The topological polar surface area (TPSA) is 92.3 Å². The predicted molar refractivity (Wildman–Crippen MR) is 101 cm³/mol. The maximum Gasteiger partial charge on any atom is 0.264 e. The molecule has 0 aliphatic rings. The molecular weight excluding hydrogens is 352 g/mol. The van der Waals surface area contributed by atoms with Crippen molar-refractivity contribution in [1.29, 1.82) is 0 Å². The lowest BCUT2D eigenvalue weighted by molar-refractivity contribution is -0.125. The van der Waals surface area contributed by atoms with Crippen molar-refractivity contribution in [2.24, 2.45) is 5.92 Å². The van der Waals surface area contributed by atoms with Gasteiger partial charge in [0.1, 0.15) is 0 Å². The molecule has 2 aromatic rings. The maximum absolute atomic E-state index is 12.3. The Morgan fingerprint density at radius 1 is 0.962 bits per heavy atom. The van der Waals surface area contributed by atoms with E-state index in [4.69, 9.17) is 0 Å². The standard InChI is InChI=1S/C19H24N2O4S/c1-14(2)11-12-20-18(22)9-10-19(23)21-26(24,25)17-8-7-15-5-3-4-6-16(15)13-17/h3-8,13-14H,9-12H2,1-2H3,(H,20,22)(H,21,23). The molecule has 0 saturated heterocycles. The second kappa shape index (κ2) is 8.80. The lowest BCUT2D eigenvalue weighted by Gasteiger charge is -2.09. The van der Waals surface area contributed by atoms with E-state index >= 15 is 0 Å². The number of amides is 2. The lowest BCUT2D eigenvalue weighted by atomic mass is 10.1. The summed E-state index contributed by atoms with van der Waals surface area (Å²) in [7, 11) is -3.96. The maximum atomic E-state index is 12.3. The molecule has 26 heavy (non-hydrogen) atoms.